The van der Waals surface area contributed by atoms with E-state index in [1.54, 1.807) is 12.1 Å². The molecule has 0 saturated heterocycles. The molecule has 11 heteroatoms. The number of aromatic carboxylic acids is 1. The van der Waals surface area contributed by atoms with Crippen LogP contribution in [0.2, 0.25) is 0 Å². The fraction of sp³-hybridized carbons (Fsp3) is 0.125. The second-order valence-corrected chi connectivity index (χ2v) is 7.32. The van der Waals surface area contributed by atoms with E-state index in [4.69, 9.17) is 15.6 Å². The van der Waals surface area contributed by atoms with Gasteiger partial charge in [-0.3, -0.25) is 14.4 Å². The number of hydrogen-bond acceptors (Lipinski definition) is 6. The first-order chi connectivity index (χ1) is 16.6. The molecule has 0 aliphatic carbocycles. The number of Topliss-reactive ketones (excluding diaryl/α,β-unsaturated/α-hetero) is 1. The smallest absolute Gasteiger partial charge is 0.335 e. The van der Waals surface area contributed by atoms with Crippen molar-refractivity contribution in [2.45, 2.75) is 13.0 Å². The van der Waals surface area contributed by atoms with Crippen LogP contribution in [0.25, 0.3) is 0 Å². The summed E-state index contributed by atoms with van der Waals surface area (Å²) in [6, 6.07) is 10.3. The number of pyridine rings is 1. The molecular formula is C24H19F2N3O6. The lowest BCUT2D eigenvalue weighted by Gasteiger charge is -2.29. The maximum absolute atomic E-state index is 13.3. The number of rotatable bonds is 5. The summed E-state index contributed by atoms with van der Waals surface area (Å²) in [7, 11) is 1.51. The Hall–Kier alpha value is -4.67. The highest BCUT2D eigenvalue weighted by molar-refractivity contribution is 6.20. The van der Waals surface area contributed by atoms with Crippen LogP contribution in [0.3, 0.4) is 0 Å². The second-order valence-electron chi connectivity index (χ2n) is 7.32. The van der Waals surface area contributed by atoms with E-state index in [0.29, 0.717) is 17.0 Å². The zero-order chi connectivity index (χ0) is 25.7. The number of carbonyl (C=O) groups excluding carboxylic acids is 3. The van der Waals surface area contributed by atoms with Crippen LogP contribution in [0.15, 0.2) is 54.7 Å². The van der Waals surface area contributed by atoms with E-state index in [0.717, 1.165) is 12.1 Å². The van der Waals surface area contributed by atoms with Crippen molar-refractivity contribution < 1.29 is 37.8 Å². The minimum atomic E-state index is -1.19. The van der Waals surface area contributed by atoms with Crippen LogP contribution in [0.4, 0.5) is 14.5 Å². The van der Waals surface area contributed by atoms with E-state index in [2.05, 4.69) is 4.98 Å². The topological polar surface area (TPSA) is 140 Å². The molecule has 180 valence electrons. The number of carboxylic acid groups (broad SMARTS) is 1. The van der Waals surface area contributed by atoms with E-state index in [1.165, 1.54) is 42.5 Å². The van der Waals surface area contributed by atoms with Crippen molar-refractivity contribution in [1.82, 2.24) is 4.98 Å². The minimum absolute atomic E-state index is 0.0528. The van der Waals surface area contributed by atoms with E-state index in [-0.39, 0.29) is 23.4 Å². The molecular weight excluding hydrogens is 464 g/mol. The highest BCUT2D eigenvalue weighted by atomic mass is 19.2. The molecule has 2 amide bonds. The Kier molecular flexibility index (Phi) is 7.49. The summed E-state index contributed by atoms with van der Waals surface area (Å²) >= 11 is 0. The highest BCUT2D eigenvalue weighted by Crippen LogP contribution is 2.30. The number of anilines is 1. The van der Waals surface area contributed by atoms with E-state index >= 15 is 0 Å². The molecule has 0 spiro atoms. The molecule has 0 saturated carbocycles. The number of hydrogen-bond donors (Lipinski definition) is 2. The Balaban J connectivity index is 0.000000261. The number of primary amides is 1. The average molecular weight is 483 g/mol. The standard InChI is InChI=1S/C17H11F2NO4.C7H8N2O2/c18-12-3-1-9(5-13(12)19)8-20-14-4-2-10(17(23)24)6-11(14)15(21)7-16(20)22;1-11-6-3-2-5(4-9-6)7(8)10/h1-6H,7-8H2,(H,23,24);2-4H,1H3,(H2,8,10). The van der Waals surface area contributed by atoms with Crippen LogP contribution in [0, 0.1) is 11.6 Å². The molecule has 4 rings (SSSR count). The summed E-state index contributed by atoms with van der Waals surface area (Å²) in [5.41, 5.74) is 6.03. The first-order valence-electron chi connectivity index (χ1n) is 10.1. The van der Waals surface area contributed by atoms with Crippen molar-refractivity contribution in [2.24, 2.45) is 5.73 Å². The lowest BCUT2D eigenvalue weighted by Crippen LogP contribution is -2.37. The van der Waals surface area contributed by atoms with Crippen molar-refractivity contribution in [3.05, 3.63) is 88.6 Å². The number of amides is 2. The fourth-order valence-corrected chi connectivity index (χ4v) is 3.23. The van der Waals surface area contributed by atoms with Gasteiger partial charge in [-0.15, -0.1) is 0 Å². The molecule has 0 unspecified atom stereocenters. The zero-order valence-electron chi connectivity index (χ0n) is 18.3. The number of benzene rings is 2. The summed E-state index contributed by atoms with van der Waals surface area (Å²) in [4.78, 5) is 50.8. The third-order valence-corrected chi connectivity index (χ3v) is 5.00. The number of ether oxygens (including phenoxy) is 1. The Labute approximate surface area is 197 Å². The average Bonchev–Trinajstić information content (AvgIpc) is 2.84. The summed E-state index contributed by atoms with van der Waals surface area (Å²) in [6.07, 6.45) is 0.973. The number of nitrogens with zero attached hydrogens (tertiary/aromatic N) is 2. The third-order valence-electron chi connectivity index (χ3n) is 5.00. The molecule has 0 radical (unpaired) electrons. The van der Waals surface area contributed by atoms with Gasteiger partial charge >= 0.3 is 5.97 Å². The van der Waals surface area contributed by atoms with E-state index in [1.807, 2.05) is 0 Å². The lowest BCUT2D eigenvalue weighted by molar-refractivity contribution is -0.118. The van der Waals surface area contributed by atoms with E-state index < -0.39 is 41.6 Å². The number of halogens is 2. The molecule has 3 aromatic rings. The zero-order valence-corrected chi connectivity index (χ0v) is 18.3. The van der Waals surface area contributed by atoms with Gasteiger partial charge < -0.3 is 20.5 Å². The van der Waals surface area contributed by atoms with Crippen LogP contribution >= 0.6 is 0 Å². The molecule has 1 aliphatic rings. The molecule has 0 atom stereocenters. The van der Waals surface area contributed by atoms with Crippen molar-refractivity contribution >= 4 is 29.3 Å². The van der Waals surface area contributed by atoms with Gasteiger partial charge in [0.05, 0.1) is 36.9 Å². The first kappa shape index (κ1) is 25.0. The highest BCUT2D eigenvalue weighted by Gasteiger charge is 2.30. The Bertz CT molecular complexity index is 1310. The molecule has 35 heavy (non-hydrogen) atoms. The molecule has 0 bridgehead atoms. The molecule has 9 nitrogen and oxygen atoms in total. The van der Waals surface area contributed by atoms with Crippen LogP contribution in [-0.4, -0.2) is 40.8 Å². The lowest BCUT2D eigenvalue weighted by atomic mass is 9.97. The van der Waals surface area contributed by atoms with Crippen molar-refractivity contribution in [1.29, 1.82) is 0 Å². The summed E-state index contributed by atoms with van der Waals surface area (Å²) < 4.78 is 31.1. The van der Waals surface area contributed by atoms with Gasteiger partial charge in [0, 0.05) is 17.8 Å². The molecule has 2 heterocycles. The quantitative estimate of drug-likeness (QED) is 0.532. The second kappa shape index (κ2) is 10.5. The number of carbonyl (C=O) groups is 4. The van der Waals surface area contributed by atoms with Crippen molar-refractivity contribution in [2.75, 3.05) is 12.0 Å². The molecule has 2 aromatic carbocycles. The summed E-state index contributed by atoms with van der Waals surface area (Å²) in [6.45, 7) is -0.0528. The van der Waals surface area contributed by atoms with Gasteiger partial charge in [0.15, 0.2) is 17.4 Å². The number of fused-ring (bicyclic) bond motifs is 1. The van der Waals surface area contributed by atoms with Crippen molar-refractivity contribution in [3.63, 3.8) is 0 Å². The van der Waals surface area contributed by atoms with Gasteiger partial charge in [0.1, 0.15) is 0 Å². The normalized spacial score (nSPS) is 12.4. The van der Waals surface area contributed by atoms with Gasteiger partial charge in [0.2, 0.25) is 17.7 Å². The third kappa shape index (κ3) is 5.82. The Morgan fingerprint density at radius 3 is 2.34 bits per heavy atom. The summed E-state index contributed by atoms with van der Waals surface area (Å²) in [5, 5.41) is 9.01. The Morgan fingerprint density at radius 1 is 1.06 bits per heavy atom. The summed E-state index contributed by atoms with van der Waals surface area (Å²) in [5.74, 6) is -4.19. The number of methoxy groups -OCH3 is 1. The van der Waals surface area contributed by atoms with Gasteiger partial charge in [-0.05, 0) is 42.0 Å². The largest absolute Gasteiger partial charge is 0.481 e. The molecule has 3 N–H and O–H groups in total. The van der Waals surface area contributed by atoms with Crippen molar-refractivity contribution in [3.8, 4) is 5.88 Å². The fourth-order valence-electron chi connectivity index (χ4n) is 3.23. The number of nitrogens with two attached hydrogens (primary N) is 1. The minimum Gasteiger partial charge on any atom is -0.481 e. The monoisotopic (exact) mass is 483 g/mol. The first-order valence-corrected chi connectivity index (χ1v) is 10.1. The molecule has 1 aromatic heterocycles. The number of carboxylic acids is 1. The predicted molar refractivity (Wildman–Crippen MR) is 119 cm³/mol. The van der Waals surface area contributed by atoms with Gasteiger partial charge in [-0.1, -0.05) is 6.07 Å². The van der Waals surface area contributed by atoms with Crippen LogP contribution in [0.5, 0.6) is 5.88 Å². The maximum atomic E-state index is 13.3. The maximum Gasteiger partial charge on any atom is 0.335 e. The number of ketones is 1. The molecule has 0 fully saturated rings. The SMILES string of the molecule is COc1ccc(C(N)=O)cn1.O=C(O)c1ccc2c(c1)C(=O)CC(=O)N2Cc1ccc(F)c(F)c1. The van der Waals surface area contributed by atoms with Gasteiger partial charge in [-0.2, -0.15) is 0 Å². The number of aromatic nitrogens is 1. The van der Waals surface area contributed by atoms with Crippen LogP contribution < -0.4 is 15.4 Å². The predicted octanol–water partition coefficient (Wildman–Crippen LogP) is 2.97. The van der Waals surface area contributed by atoms with Crippen LogP contribution in [-0.2, 0) is 11.3 Å². The van der Waals surface area contributed by atoms with Gasteiger partial charge in [0.25, 0.3) is 0 Å². The van der Waals surface area contributed by atoms with E-state index in [9.17, 15) is 28.0 Å². The molecule has 1 aliphatic heterocycles. The Morgan fingerprint density at radius 2 is 1.77 bits per heavy atom. The van der Waals surface area contributed by atoms with Crippen LogP contribution in [0.1, 0.15) is 43.1 Å². The van der Waals surface area contributed by atoms with Gasteiger partial charge in [-0.25, -0.2) is 18.6 Å².